The highest BCUT2D eigenvalue weighted by Crippen LogP contribution is 2.17. The molecular weight excluding hydrogens is 122 g/mol. The largest absolute Gasteiger partial charge is 0.314 e. The molecule has 0 aromatic heterocycles. The van der Waals surface area contributed by atoms with Gasteiger partial charge in [0.1, 0.15) is 0 Å². The molecule has 0 heterocycles. The van der Waals surface area contributed by atoms with Crippen LogP contribution in [-0.4, -0.2) is 12.6 Å². The lowest BCUT2D eigenvalue weighted by molar-refractivity contribution is 0.339. The summed E-state index contributed by atoms with van der Waals surface area (Å²) in [4.78, 5) is 0. The second kappa shape index (κ2) is 4.51. The zero-order valence-corrected chi connectivity index (χ0v) is 6.60. The first-order valence-corrected chi connectivity index (χ1v) is 4.28. The van der Waals surface area contributed by atoms with Crippen molar-refractivity contribution in [1.29, 1.82) is 0 Å². The standard InChI is InChI=1S/C9H17N/c1-2-3-4-8-10-9-6-5-7-9/h2,9-10H,1,3-8H2. The van der Waals surface area contributed by atoms with E-state index in [9.17, 15) is 0 Å². The van der Waals surface area contributed by atoms with E-state index in [1.807, 2.05) is 6.08 Å². The van der Waals surface area contributed by atoms with Gasteiger partial charge in [0.2, 0.25) is 0 Å². The molecule has 1 heteroatoms. The highest BCUT2D eigenvalue weighted by molar-refractivity contribution is 4.76. The van der Waals surface area contributed by atoms with Gasteiger partial charge in [-0.25, -0.2) is 0 Å². The summed E-state index contributed by atoms with van der Waals surface area (Å²) in [6.45, 7) is 4.86. The average Bonchev–Trinajstić information content (AvgIpc) is 1.84. The molecule has 1 N–H and O–H groups in total. The van der Waals surface area contributed by atoms with Crippen LogP contribution in [0, 0.1) is 0 Å². The van der Waals surface area contributed by atoms with Crippen LogP contribution in [0.25, 0.3) is 0 Å². The van der Waals surface area contributed by atoms with Crippen molar-refractivity contribution >= 4 is 0 Å². The van der Waals surface area contributed by atoms with E-state index in [1.54, 1.807) is 0 Å². The second-order valence-corrected chi connectivity index (χ2v) is 3.01. The van der Waals surface area contributed by atoms with Crippen LogP contribution in [0.15, 0.2) is 12.7 Å². The Labute approximate surface area is 63.5 Å². The monoisotopic (exact) mass is 139 g/mol. The van der Waals surface area contributed by atoms with Crippen molar-refractivity contribution in [2.45, 2.75) is 38.1 Å². The third-order valence-corrected chi connectivity index (χ3v) is 2.12. The van der Waals surface area contributed by atoms with E-state index < -0.39 is 0 Å². The number of nitrogens with one attached hydrogen (secondary N) is 1. The fourth-order valence-electron chi connectivity index (χ4n) is 1.16. The SMILES string of the molecule is C=CCCCNC1CCC1. The molecule has 0 bridgehead atoms. The van der Waals surface area contributed by atoms with Gasteiger partial charge in [-0.3, -0.25) is 0 Å². The van der Waals surface area contributed by atoms with Gasteiger partial charge in [-0.15, -0.1) is 6.58 Å². The Bertz CT molecular complexity index is 94.9. The third kappa shape index (κ3) is 2.53. The summed E-state index contributed by atoms with van der Waals surface area (Å²) in [5.41, 5.74) is 0. The molecular formula is C9H17N. The van der Waals surface area contributed by atoms with Crippen LogP contribution in [-0.2, 0) is 0 Å². The molecule has 1 nitrogen and oxygen atoms in total. The van der Waals surface area contributed by atoms with Gasteiger partial charge in [-0.1, -0.05) is 12.5 Å². The molecule has 0 atom stereocenters. The number of hydrogen-bond donors (Lipinski definition) is 1. The summed E-state index contributed by atoms with van der Waals surface area (Å²) >= 11 is 0. The van der Waals surface area contributed by atoms with Crippen LogP contribution in [0.5, 0.6) is 0 Å². The van der Waals surface area contributed by atoms with E-state index in [2.05, 4.69) is 11.9 Å². The fourth-order valence-corrected chi connectivity index (χ4v) is 1.16. The average molecular weight is 139 g/mol. The summed E-state index contributed by atoms with van der Waals surface area (Å²) in [5.74, 6) is 0. The quantitative estimate of drug-likeness (QED) is 0.454. The van der Waals surface area contributed by atoms with Gasteiger partial charge in [0, 0.05) is 6.04 Å². The molecule has 58 valence electrons. The molecule has 0 spiro atoms. The Balaban J connectivity index is 1.80. The molecule has 10 heavy (non-hydrogen) atoms. The molecule has 0 aliphatic heterocycles. The summed E-state index contributed by atoms with van der Waals surface area (Å²) in [6.07, 6.45) is 8.61. The van der Waals surface area contributed by atoms with Crippen LogP contribution < -0.4 is 5.32 Å². The van der Waals surface area contributed by atoms with Crippen molar-refractivity contribution in [2.75, 3.05) is 6.54 Å². The first-order chi connectivity index (χ1) is 4.93. The summed E-state index contributed by atoms with van der Waals surface area (Å²) in [6, 6.07) is 0.852. The van der Waals surface area contributed by atoms with Gasteiger partial charge in [0.05, 0.1) is 0 Å². The Hall–Kier alpha value is -0.300. The second-order valence-electron chi connectivity index (χ2n) is 3.01. The Morgan fingerprint density at radius 3 is 2.80 bits per heavy atom. The molecule has 0 radical (unpaired) electrons. The molecule has 1 rings (SSSR count). The Morgan fingerprint density at radius 2 is 2.30 bits per heavy atom. The smallest absolute Gasteiger partial charge is 0.00670 e. The lowest BCUT2D eigenvalue weighted by Crippen LogP contribution is -2.35. The van der Waals surface area contributed by atoms with Crippen molar-refractivity contribution in [1.82, 2.24) is 5.32 Å². The van der Waals surface area contributed by atoms with Gasteiger partial charge in [-0.05, 0) is 32.2 Å². The normalized spacial score (nSPS) is 18.4. The third-order valence-electron chi connectivity index (χ3n) is 2.12. The number of rotatable bonds is 5. The van der Waals surface area contributed by atoms with Gasteiger partial charge < -0.3 is 5.32 Å². The zero-order valence-electron chi connectivity index (χ0n) is 6.60. The first kappa shape index (κ1) is 7.80. The van der Waals surface area contributed by atoms with E-state index in [1.165, 1.54) is 32.2 Å². The van der Waals surface area contributed by atoms with E-state index in [0.717, 1.165) is 12.5 Å². The molecule has 0 aromatic carbocycles. The van der Waals surface area contributed by atoms with Crippen LogP contribution in [0.2, 0.25) is 0 Å². The summed E-state index contributed by atoms with van der Waals surface area (Å²) in [7, 11) is 0. The van der Waals surface area contributed by atoms with Crippen LogP contribution in [0.4, 0.5) is 0 Å². The number of hydrogen-bond acceptors (Lipinski definition) is 1. The van der Waals surface area contributed by atoms with Gasteiger partial charge >= 0.3 is 0 Å². The first-order valence-electron chi connectivity index (χ1n) is 4.28. The minimum Gasteiger partial charge on any atom is -0.314 e. The fraction of sp³-hybridized carbons (Fsp3) is 0.778. The van der Waals surface area contributed by atoms with E-state index in [0.29, 0.717) is 0 Å². The van der Waals surface area contributed by atoms with Gasteiger partial charge in [0.25, 0.3) is 0 Å². The highest BCUT2D eigenvalue weighted by Gasteiger charge is 2.15. The predicted octanol–water partition coefficient (Wildman–Crippen LogP) is 2.09. The summed E-state index contributed by atoms with van der Waals surface area (Å²) < 4.78 is 0. The molecule has 1 aliphatic rings. The molecule has 1 fully saturated rings. The van der Waals surface area contributed by atoms with Crippen molar-refractivity contribution in [3.8, 4) is 0 Å². The molecule has 0 aromatic rings. The van der Waals surface area contributed by atoms with Crippen molar-refractivity contribution < 1.29 is 0 Å². The van der Waals surface area contributed by atoms with Crippen molar-refractivity contribution in [3.63, 3.8) is 0 Å². The lowest BCUT2D eigenvalue weighted by Gasteiger charge is -2.26. The summed E-state index contributed by atoms with van der Waals surface area (Å²) in [5, 5.41) is 3.51. The Morgan fingerprint density at radius 1 is 1.50 bits per heavy atom. The van der Waals surface area contributed by atoms with E-state index in [-0.39, 0.29) is 0 Å². The highest BCUT2D eigenvalue weighted by atomic mass is 14.9. The number of unbranched alkanes of at least 4 members (excludes halogenated alkanes) is 1. The minimum atomic E-state index is 0.852. The van der Waals surface area contributed by atoms with Crippen LogP contribution >= 0.6 is 0 Å². The maximum atomic E-state index is 3.68. The van der Waals surface area contributed by atoms with Crippen molar-refractivity contribution in [2.24, 2.45) is 0 Å². The minimum absolute atomic E-state index is 0.852. The van der Waals surface area contributed by atoms with Crippen molar-refractivity contribution in [3.05, 3.63) is 12.7 Å². The lowest BCUT2D eigenvalue weighted by atomic mass is 9.93. The van der Waals surface area contributed by atoms with E-state index in [4.69, 9.17) is 0 Å². The molecule has 0 unspecified atom stereocenters. The number of allylic oxidation sites excluding steroid dienone is 1. The van der Waals surface area contributed by atoms with E-state index >= 15 is 0 Å². The zero-order chi connectivity index (χ0) is 7.23. The molecule has 1 saturated carbocycles. The Kier molecular flexibility index (Phi) is 3.52. The van der Waals surface area contributed by atoms with Crippen LogP contribution in [0.3, 0.4) is 0 Å². The van der Waals surface area contributed by atoms with Crippen LogP contribution in [0.1, 0.15) is 32.1 Å². The van der Waals surface area contributed by atoms with Gasteiger partial charge in [-0.2, -0.15) is 0 Å². The molecule has 0 saturated heterocycles. The molecule has 0 amide bonds. The topological polar surface area (TPSA) is 12.0 Å². The predicted molar refractivity (Wildman–Crippen MR) is 45.1 cm³/mol. The molecule has 1 aliphatic carbocycles. The van der Waals surface area contributed by atoms with Gasteiger partial charge in [0.15, 0.2) is 0 Å². The maximum absolute atomic E-state index is 3.68. The maximum Gasteiger partial charge on any atom is 0.00670 e.